The Balaban J connectivity index is 1.61. The summed E-state index contributed by atoms with van der Waals surface area (Å²) < 4.78 is 1.66. The Bertz CT molecular complexity index is 394. The van der Waals surface area contributed by atoms with Gasteiger partial charge in [0.05, 0.1) is 0 Å². The summed E-state index contributed by atoms with van der Waals surface area (Å²) in [6.45, 7) is 0. The van der Waals surface area contributed by atoms with Crippen molar-refractivity contribution in [2.75, 3.05) is 0 Å². The fraction of sp³-hybridized carbons (Fsp3) is 0.733. The maximum Gasteiger partial charge on any atom is 0.234 e. The molecule has 0 N–H and O–H groups in total. The summed E-state index contributed by atoms with van der Waals surface area (Å²) in [5, 5.41) is 0. The van der Waals surface area contributed by atoms with E-state index in [0.717, 1.165) is 12.8 Å². The quantitative estimate of drug-likeness (QED) is 0.758. The minimum absolute atomic E-state index is 0.228. The van der Waals surface area contributed by atoms with E-state index in [9.17, 15) is 4.79 Å². The second-order valence-electron chi connectivity index (χ2n) is 6.14. The van der Waals surface area contributed by atoms with Crippen LogP contribution in [0.2, 0.25) is 0 Å². The molecule has 0 saturated heterocycles. The van der Waals surface area contributed by atoms with Crippen molar-refractivity contribution in [2.45, 2.75) is 57.8 Å². The van der Waals surface area contributed by atoms with Gasteiger partial charge in [-0.3, -0.25) is 9.36 Å². The van der Waals surface area contributed by atoms with Gasteiger partial charge in [-0.1, -0.05) is 19.3 Å². The molecule has 2 aliphatic rings. The fourth-order valence-electron chi connectivity index (χ4n) is 3.88. The van der Waals surface area contributed by atoms with Gasteiger partial charge >= 0.3 is 0 Å². The van der Waals surface area contributed by atoms with Crippen LogP contribution in [-0.4, -0.2) is 15.5 Å². The van der Waals surface area contributed by atoms with E-state index in [4.69, 9.17) is 0 Å². The zero-order valence-corrected chi connectivity index (χ0v) is 11.0. The topological polar surface area (TPSA) is 34.9 Å². The van der Waals surface area contributed by atoms with Crippen molar-refractivity contribution in [1.29, 1.82) is 0 Å². The van der Waals surface area contributed by atoms with Crippen LogP contribution >= 0.6 is 0 Å². The Hall–Kier alpha value is -1.12. The van der Waals surface area contributed by atoms with Crippen LogP contribution in [0.3, 0.4) is 0 Å². The standard InChI is InChI=1S/C15H22N2O/c18-14(17-11-10-16-12-17)13-4-8-15(9-5-13)6-2-1-3-7-15/h10-13H,1-9H2. The predicted molar refractivity (Wildman–Crippen MR) is 70.3 cm³/mol. The molecular weight excluding hydrogens is 224 g/mol. The van der Waals surface area contributed by atoms with Gasteiger partial charge in [0.15, 0.2) is 0 Å². The van der Waals surface area contributed by atoms with Crippen LogP contribution in [0.4, 0.5) is 0 Å². The van der Waals surface area contributed by atoms with E-state index < -0.39 is 0 Å². The molecule has 1 aromatic heterocycles. The summed E-state index contributed by atoms with van der Waals surface area (Å²) in [5.74, 6) is 0.477. The second kappa shape index (κ2) is 4.87. The molecule has 2 aliphatic carbocycles. The summed E-state index contributed by atoms with van der Waals surface area (Å²) in [4.78, 5) is 16.2. The van der Waals surface area contributed by atoms with Crippen molar-refractivity contribution in [2.24, 2.45) is 11.3 Å². The molecule has 0 atom stereocenters. The first-order valence-corrected chi connectivity index (χ1v) is 7.31. The smallest absolute Gasteiger partial charge is 0.234 e. The first kappa shape index (κ1) is 11.9. The highest BCUT2D eigenvalue weighted by atomic mass is 16.2. The van der Waals surface area contributed by atoms with Gasteiger partial charge in [-0.2, -0.15) is 0 Å². The summed E-state index contributed by atoms with van der Waals surface area (Å²) in [7, 11) is 0. The van der Waals surface area contributed by atoms with E-state index in [1.807, 2.05) is 0 Å². The van der Waals surface area contributed by atoms with Gasteiger partial charge in [-0.05, 0) is 43.9 Å². The molecular formula is C15H22N2O. The SMILES string of the molecule is O=C(C1CCC2(CCCCC2)CC1)n1ccnc1. The van der Waals surface area contributed by atoms with E-state index in [1.54, 1.807) is 23.3 Å². The second-order valence-corrected chi connectivity index (χ2v) is 6.14. The summed E-state index contributed by atoms with van der Waals surface area (Å²) >= 11 is 0. The molecule has 1 heterocycles. The maximum atomic E-state index is 12.3. The Labute approximate surface area is 109 Å². The van der Waals surface area contributed by atoms with Gasteiger partial charge in [0.25, 0.3) is 0 Å². The summed E-state index contributed by atoms with van der Waals surface area (Å²) in [6.07, 6.45) is 16.8. The van der Waals surface area contributed by atoms with Crippen molar-refractivity contribution < 1.29 is 4.79 Å². The molecule has 0 radical (unpaired) electrons. The van der Waals surface area contributed by atoms with E-state index in [-0.39, 0.29) is 11.8 Å². The molecule has 0 aromatic carbocycles. The number of imidazole rings is 1. The lowest BCUT2D eigenvalue weighted by Crippen LogP contribution is -2.33. The summed E-state index contributed by atoms with van der Waals surface area (Å²) in [6, 6.07) is 0. The molecule has 3 rings (SSSR count). The third kappa shape index (κ3) is 2.23. The maximum absolute atomic E-state index is 12.3. The predicted octanol–water partition coefficient (Wildman–Crippen LogP) is 3.66. The Morgan fingerprint density at radius 2 is 1.83 bits per heavy atom. The van der Waals surface area contributed by atoms with Crippen molar-refractivity contribution in [1.82, 2.24) is 9.55 Å². The first-order valence-electron chi connectivity index (χ1n) is 7.31. The van der Waals surface area contributed by atoms with Crippen molar-refractivity contribution in [3.05, 3.63) is 18.7 Å². The lowest BCUT2D eigenvalue weighted by atomic mass is 9.63. The molecule has 1 spiro atoms. The summed E-state index contributed by atoms with van der Waals surface area (Å²) in [5.41, 5.74) is 0.601. The third-order valence-electron chi connectivity index (χ3n) is 5.07. The normalized spacial score (nSPS) is 24.2. The molecule has 2 fully saturated rings. The van der Waals surface area contributed by atoms with E-state index in [2.05, 4.69) is 4.98 Å². The van der Waals surface area contributed by atoms with E-state index >= 15 is 0 Å². The number of carbonyl (C=O) groups excluding carboxylic acids is 1. The number of hydrogen-bond acceptors (Lipinski definition) is 2. The highest BCUT2D eigenvalue weighted by molar-refractivity contribution is 5.81. The van der Waals surface area contributed by atoms with Crippen molar-refractivity contribution in [3.8, 4) is 0 Å². The number of carbonyl (C=O) groups is 1. The zero-order chi connectivity index (χ0) is 12.4. The van der Waals surface area contributed by atoms with Crippen LogP contribution in [0.5, 0.6) is 0 Å². The molecule has 2 saturated carbocycles. The van der Waals surface area contributed by atoms with Gasteiger partial charge in [0, 0.05) is 18.3 Å². The Morgan fingerprint density at radius 1 is 1.11 bits per heavy atom. The van der Waals surface area contributed by atoms with Gasteiger partial charge in [-0.15, -0.1) is 0 Å². The van der Waals surface area contributed by atoms with Gasteiger partial charge < -0.3 is 0 Å². The number of aromatic nitrogens is 2. The monoisotopic (exact) mass is 246 g/mol. The molecule has 0 aliphatic heterocycles. The minimum atomic E-state index is 0.228. The molecule has 18 heavy (non-hydrogen) atoms. The minimum Gasteiger partial charge on any atom is -0.276 e. The van der Waals surface area contributed by atoms with E-state index in [1.165, 1.54) is 44.9 Å². The van der Waals surface area contributed by atoms with Crippen LogP contribution in [0.1, 0.15) is 62.6 Å². The number of hydrogen-bond donors (Lipinski definition) is 0. The highest BCUT2D eigenvalue weighted by Gasteiger charge is 2.38. The molecule has 0 bridgehead atoms. The molecule has 0 amide bonds. The van der Waals surface area contributed by atoms with Gasteiger partial charge in [0.2, 0.25) is 5.91 Å². The largest absolute Gasteiger partial charge is 0.276 e. The van der Waals surface area contributed by atoms with Gasteiger partial charge in [-0.25, -0.2) is 4.98 Å². The average Bonchev–Trinajstić information content (AvgIpc) is 2.94. The fourth-order valence-corrected chi connectivity index (χ4v) is 3.88. The number of nitrogens with zero attached hydrogens (tertiary/aromatic N) is 2. The van der Waals surface area contributed by atoms with Crippen molar-refractivity contribution in [3.63, 3.8) is 0 Å². The van der Waals surface area contributed by atoms with Crippen LogP contribution in [-0.2, 0) is 0 Å². The Morgan fingerprint density at radius 3 is 2.44 bits per heavy atom. The highest BCUT2D eigenvalue weighted by Crippen LogP contribution is 2.48. The molecule has 3 heteroatoms. The molecule has 3 nitrogen and oxygen atoms in total. The van der Waals surface area contributed by atoms with Gasteiger partial charge in [0.1, 0.15) is 6.33 Å². The van der Waals surface area contributed by atoms with Crippen LogP contribution in [0.15, 0.2) is 18.7 Å². The first-order chi connectivity index (χ1) is 8.79. The molecule has 1 aromatic rings. The van der Waals surface area contributed by atoms with Crippen molar-refractivity contribution >= 4 is 5.91 Å². The lowest BCUT2D eigenvalue weighted by molar-refractivity contribution is 0.0633. The van der Waals surface area contributed by atoms with Crippen LogP contribution in [0, 0.1) is 11.3 Å². The lowest BCUT2D eigenvalue weighted by Gasteiger charge is -2.42. The number of rotatable bonds is 1. The molecule has 98 valence electrons. The van der Waals surface area contributed by atoms with Crippen LogP contribution < -0.4 is 0 Å². The average molecular weight is 246 g/mol. The van der Waals surface area contributed by atoms with E-state index in [0.29, 0.717) is 5.41 Å². The Kier molecular flexibility index (Phi) is 3.23. The third-order valence-corrected chi connectivity index (χ3v) is 5.07. The molecule has 0 unspecified atom stereocenters. The zero-order valence-electron chi connectivity index (χ0n) is 11.0. The van der Waals surface area contributed by atoms with Crippen LogP contribution in [0.25, 0.3) is 0 Å².